The number of carboxylic acids is 1. The van der Waals surface area contributed by atoms with Crippen molar-refractivity contribution in [3.8, 4) is 0 Å². The summed E-state index contributed by atoms with van der Waals surface area (Å²) in [5.41, 5.74) is 0.916. The van der Waals surface area contributed by atoms with Gasteiger partial charge in [0.05, 0.1) is 11.1 Å². The zero-order valence-electron chi connectivity index (χ0n) is 14.2. The highest BCUT2D eigenvalue weighted by molar-refractivity contribution is 5.93. The Labute approximate surface area is 141 Å². The van der Waals surface area contributed by atoms with Crippen LogP contribution >= 0.6 is 0 Å². The number of aryl methyl sites for hydroxylation is 1. The summed E-state index contributed by atoms with van der Waals surface area (Å²) in [6.45, 7) is 2.69. The molecule has 0 aliphatic heterocycles. The van der Waals surface area contributed by atoms with Crippen LogP contribution in [0, 0.1) is 5.41 Å². The molecule has 6 nitrogen and oxygen atoms in total. The lowest BCUT2D eigenvalue weighted by atomic mass is 9.57. The Morgan fingerprint density at radius 2 is 1.88 bits per heavy atom. The zero-order valence-corrected chi connectivity index (χ0v) is 14.2. The molecule has 0 unspecified atom stereocenters. The molecule has 24 heavy (non-hydrogen) atoms. The SMILES string of the molecule is CCn1nc(C2CC2)cc1C(=O)NC12CCC(C(=O)O)(CC1)CC2. The number of amides is 1. The van der Waals surface area contributed by atoms with Crippen molar-refractivity contribution < 1.29 is 14.7 Å². The molecule has 4 aliphatic rings. The number of rotatable bonds is 5. The Bertz CT molecular complexity index is 665. The Morgan fingerprint density at radius 3 is 2.38 bits per heavy atom. The van der Waals surface area contributed by atoms with Crippen LogP contribution in [0.4, 0.5) is 0 Å². The molecule has 1 heterocycles. The molecule has 130 valence electrons. The second-order valence-electron chi connectivity index (χ2n) is 7.86. The van der Waals surface area contributed by atoms with E-state index in [1.165, 1.54) is 12.8 Å². The molecule has 2 N–H and O–H groups in total. The van der Waals surface area contributed by atoms with E-state index in [2.05, 4.69) is 10.4 Å². The molecule has 4 fully saturated rings. The van der Waals surface area contributed by atoms with E-state index in [9.17, 15) is 14.7 Å². The van der Waals surface area contributed by atoms with Crippen LogP contribution in [0.3, 0.4) is 0 Å². The van der Waals surface area contributed by atoms with Gasteiger partial charge in [0.25, 0.3) is 5.91 Å². The molecule has 0 aromatic carbocycles. The summed E-state index contributed by atoms with van der Waals surface area (Å²) in [7, 11) is 0. The molecule has 4 aliphatic carbocycles. The molecule has 0 saturated heterocycles. The molecule has 4 saturated carbocycles. The van der Waals surface area contributed by atoms with E-state index in [1.54, 1.807) is 4.68 Å². The van der Waals surface area contributed by atoms with Gasteiger partial charge in [-0.2, -0.15) is 5.10 Å². The van der Waals surface area contributed by atoms with Crippen molar-refractivity contribution in [2.75, 3.05) is 0 Å². The first kappa shape index (κ1) is 15.7. The van der Waals surface area contributed by atoms with Gasteiger partial charge in [-0.05, 0) is 64.4 Å². The molecule has 0 spiro atoms. The van der Waals surface area contributed by atoms with Crippen LogP contribution in [0.1, 0.15) is 80.4 Å². The van der Waals surface area contributed by atoms with Crippen LogP contribution in [0.2, 0.25) is 0 Å². The second-order valence-corrected chi connectivity index (χ2v) is 7.86. The normalized spacial score (nSPS) is 31.9. The number of nitrogens with one attached hydrogen (secondary N) is 1. The van der Waals surface area contributed by atoms with E-state index in [1.807, 2.05) is 13.0 Å². The minimum absolute atomic E-state index is 0.0547. The highest BCUT2D eigenvalue weighted by atomic mass is 16.4. The Morgan fingerprint density at radius 1 is 1.25 bits per heavy atom. The summed E-state index contributed by atoms with van der Waals surface area (Å²) in [4.78, 5) is 24.4. The van der Waals surface area contributed by atoms with Crippen LogP contribution in [0.25, 0.3) is 0 Å². The fourth-order valence-electron chi connectivity index (χ4n) is 4.44. The third-order valence-corrected chi connectivity index (χ3v) is 6.41. The second kappa shape index (κ2) is 5.33. The first-order chi connectivity index (χ1) is 11.5. The van der Waals surface area contributed by atoms with Gasteiger partial charge in [0.2, 0.25) is 0 Å². The van der Waals surface area contributed by atoms with Crippen molar-refractivity contribution >= 4 is 11.9 Å². The van der Waals surface area contributed by atoms with Gasteiger partial charge in [-0.3, -0.25) is 14.3 Å². The van der Waals surface area contributed by atoms with Gasteiger partial charge in [0.1, 0.15) is 5.69 Å². The van der Waals surface area contributed by atoms with Gasteiger partial charge in [0, 0.05) is 18.0 Å². The van der Waals surface area contributed by atoms with Gasteiger partial charge in [0.15, 0.2) is 0 Å². The van der Waals surface area contributed by atoms with E-state index in [0.717, 1.165) is 25.0 Å². The molecule has 5 rings (SSSR count). The van der Waals surface area contributed by atoms with Crippen LogP contribution in [0.5, 0.6) is 0 Å². The van der Waals surface area contributed by atoms with Crippen LogP contribution in [-0.4, -0.2) is 32.3 Å². The fourth-order valence-corrected chi connectivity index (χ4v) is 4.44. The largest absolute Gasteiger partial charge is 0.481 e. The van der Waals surface area contributed by atoms with Crippen molar-refractivity contribution in [3.63, 3.8) is 0 Å². The molecule has 1 aromatic rings. The summed E-state index contributed by atoms with van der Waals surface area (Å²) in [6, 6.07) is 1.94. The van der Waals surface area contributed by atoms with Gasteiger partial charge in [-0.1, -0.05) is 0 Å². The number of hydrogen-bond acceptors (Lipinski definition) is 3. The van der Waals surface area contributed by atoms with E-state index >= 15 is 0 Å². The smallest absolute Gasteiger partial charge is 0.309 e. The first-order valence-corrected chi connectivity index (χ1v) is 9.11. The van der Waals surface area contributed by atoms with Crippen molar-refractivity contribution in [2.45, 2.75) is 76.3 Å². The van der Waals surface area contributed by atoms with Crippen LogP contribution < -0.4 is 5.32 Å². The van der Waals surface area contributed by atoms with Crippen LogP contribution in [0.15, 0.2) is 6.07 Å². The number of fused-ring (bicyclic) bond motifs is 3. The number of aliphatic carboxylic acids is 1. The average Bonchev–Trinajstić information content (AvgIpc) is 3.35. The number of carbonyl (C=O) groups is 2. The van der Waals surface area contributed by atoms with Gasteiger partial charge >= 0.3 is 5.97 Å². The average molecular weight is 331 g/mol. The zero-order chi connectivity index (χ0) is 16.9. The minimum Gasteiger partial charge on any atom is -0.481 e. The molecule has 0 radical (unpaired) electrons. The quantitative estimate of drug-likeness (QED) is 0.869. The number of hydrogen-bond donors (Lipinski definition) is 2. The summed E-state index contributed by atoms with van der Waals surface area (Å²) < 4.78 is 1.80. The van der Waals surface area contributed by atoms with Gasteiger partial charge in [-0.15, -0.1) is 0 Å². The molecular weight excluding hydrogens is 306 g/mol. The van der Waals surface area contributed by atoms with Crippen molar-refractivity contribution in [2.24, 2.45) is 5.41 Å². The summed E-state index contributed by atoms with van der Waals surface area (Å²) in [5.74, 6) is -0.190. The standard InChI is InChI=1S/C18H25N3O3/c1-2-21-14(11-13(20-21)12-3-4-12)15(22)19-18-8-5-17(6-9-18,7-10-18)16(23)24/h11-12H,2-10H2,1H3,(H,19,22)(H,23,24). The molecule has 0 atom stereocenters. The summed E-state index contributed by atoms with van der Waals surface area (Å²) in [5, 5.41) is 17.3. The topological polar surface area (TPSA) is 84.2 Å². The number of carboxylic acid groups (broad SMARTS) is 1. The molecule has 6 heteroatoms. The third kappa shape index (κ3) is 2.43. The Balaban J connectivity index is 1.50. The molecule has 1 aromatic heterocycles. The maximum absolute atomic E-state index is 12.9. The van der Waals surface area contributed by atoms with Crippen LogP contribution in [-0.2, 0) is 11.3 Å². The van der Waals surface area contributed by atoms with Crippen molar-refractivity contribution in [1.82, 2.24) is 15.1 Å². The highest BCUT2D eigenvalue weighted by Crippen LogP contribution is 2.52. The summed E-state index contributed by atoms with van der Waals surface area (Å²) in [6.07, 6.45) is 6.64. The van der Waals surface area contributed by atoms with E-state index in [0.29, 0.717) is 37.4 Å². The van der Waals surface area contributed by atoms with Gasteiger partial charge in [-0.25, -0.2) is 0 Å². The monoisotopic (exact) mass is 331 g/mol. The van der Waals surface area contributed by atoms with Crippen molar-refractivity contribution in [1.29, 1.82) is 0 Å². The third-order valence-electron chi connectivity index (χ3n) is 6.41. The van der Waals surface area contributed by atoms with E-state index in [4.69, 9.17) is 0 Å². The lowest BCUT2D eigenvalue weighted by Gasteiger charge is -2.51. The fraction of sp³-hybridized carbons (Fsp3) is 0.722. The van der Waals surface area contributed by atoms with Crippen molar-refractivity contribution in [3.05, 3.63) is 17.5 Å². The van der Waals surface area contributed by atoms with E-state index < -0.39 is 11.4 Å². The van der Waals surface area contributed by atoms with E-state index in [-0.39, 0.29) is 11.4 Å². The molecular formula is C18H25N3O3. The highest BCUT2D eigenvalue weighted by Gasteiger charge is 2.53. The maximum Gasteiger partial charge on any atom is 0.309 e. The lowest BCUT2D eigenvalue weighted by Crippen LogP contribution is -2.58. The molecule has 1 amide bonds. The van der Waals surface area contributed by atoms with Gasteiger partial charge < -0.3 is 10.4 Å². The number of carbonyl (C=O) groups excluding carboxylic acids is 1. The summed E-state index contributed by atoms with van der Waals surface area (Å²) >= 11 is 0. The predicted octanol–water partition coefficient (Wildman–Crippen LogP) is 2.69. The lowest BCUT2D eigenvalue weighted by molar-refractivity contribution is -0.156. The minimum atomic E-state index is -0.666. The number of aromatic nitrogens is 2. The number of nitrogens with zero attached hydrogens (tertiary/aromatic N) is 2. The Kier molecular flexibility index (Phi) is 3.48. The molecule has 2 bridgehead atoms. The predicted molar refractivity (Wildman–Crippen MR) is 87.8 cm³/mol. The first-order valence-electron chi connectivity index (χ1n) is 9.11. The Hall–Kier alpha value is -1.85. The maximum atomic E-state index is 12.9.